The van der Waals surface area contributed by atoms with E-state index < -0.39 is 10.0 Å². The number of aromatic nitrogens is 5. The minimum Gasteiger partial charge on any atom is -0.399 e. The van der Waals surface area contributed by atoms with Crippen LogP contribution in [-0.2, 0) is 16.6 Å². The second kappa shape index (κ2) is 5.35. The van der Waals surface area contributed by atoms with Crippen molar-refractivity contribution in [2.75, 3.05) is 16.7 Å². The zero-order valence-electron chi connectivity index (χ0n) is 12.0. The molecule has 0 aliphatic heterocycles. The van der Waals surface area contributed by atoms with Crippen molar-refractivity contribution in [1.82, 2.24) is 24.5 Å². The Labute approximate surface area is 131 Å². The van der Waals surface area contributed by atoms with Crippen LogP contribution in [0.1, 0.15) is 4.79 Å². The summed E-state index contributed by atoms with van der Waals surface area (Å²) in [6, 6.07) is 5.04. The Hall–Kier alpha value is -2.95. The number of sulfonamides is 1. The van der Waals surface area contributed by atoms with E-state index >= 15 is 0 Å². The molecule has 2 heterocycles. The van der Waals surface area contributed by atoms with Gasteiger partial charge >= 0.3 is 0 Å². The summed E-state index contributed by atoms with van der Waals surface area (Å²) in [4.78, 5) is 17.5. The van der Waals surface area contributed by atoms with Gasteiger partial charge in [-0.1, -0.05) is 0 Å². The largest absolute Gasteiger partial charge is 0.399 e. The first-order chi connectivity index (χ1) is 10.8. The monoisotopic (exact) mass is 335 g/mol. The molecule has 3 rings (SSSR count). The summed E-state index contributed by atoms with van der Waals surface area (Å²) in [6.45, 7) is -0.165. The molecule has 2 aromatic heterocycles. The van der Waals surface area contributed by atoms with Crippen molar-refractivity contribution in [1.29, 1.82) is 0 Å². The average Bonchev–Trinajstić information content (AvgIpc) is 3.03. The van der Waals surface area contributed by atoms with Crippen LogP contribution >= 0.6 is 0 Å². The first kappa shape index (κ1) is 15.0. The van der Waals surface area contributed by atoms with Crippen LogP contribution in [0.2, 0.25) is 0 Å². The van der Waals surface area contributed by atoms with Crippen LogP contribution in [0.5, 0.6) is 0 Å². The summed E-state index contributed by atoms with van der Waals surface area (Å²) in [6.07, 6.45) is 3.62. The maximum atomic E-state index is 12.3. The van der Waals surface area contributed by atoms with Gasteiger partial charge in [0.1, 0.15) is 12.9 Å². The highest BCUT2D eigenvalue weighted by Crippen LogP contribution is 2.16. The topological polar surface area (TPSA) is 138 Å². The molecular weight excluding hydrogens is 322 g/mol. The second-order valence-electron chi connectivity index (χ2n) is 4.89. The Morgan fingerprint density at radius 3 is 2.91 bits per heavy atom. The molecule has 0 atom stereocenters. The van der Waals surface area contributed by atoms with Gasteiger partial charge in [-0.25, -0.2) is 13.4 Å². The lowest BCUT2D eigenvalue weighted by Crippen LogP contribution is -2.19. The van der Waals surface area contributed by atoms with Gasteiger partial charge in [0, 0.05) is 5.69 Å². The van der Waals surface area contributed by atoms with Gasteiger partial charge in [0.2, 0.25) is 10.0 Å². The van der Waals surface area contributed by atoms with Gasteiger partial charge in [0.15, 0.2) is 5.82 Å². The number of fused-ring (bicyclic) bond motifs is 1. The van der Waals surface area contributed by atoms with E-state index in [1.165, 1.54) is 17.1 Å². The molecule has 0 aliphatic carbocycles. The summed E-state index contributed by atoms with van der Waals surface area (Å²) in [5.41, 5.74) is 7.45. The maximum absolute atomic E-state index is 12.3. The smallest absolute Gasteiger partial charge is 0.255 e. The van der Waals surface area contributed by atoms with Gasteiger partial charge in [0.25, 0.3) is 5.91 Å². The van der Waals surface area contributed by atoms with Crippen molar-refractivity contribution < 1.29 is 13.2 Å². The van der Waals surface area contributed by atoms with Crippen molar-refractivity contribution in [3.05, 3.63) is 30.7 Å². The highest BCUT2D eigenvalue weighted by molar-refractivity contribution is 7.92. The van der Waals surface area contributed by atoms with E-state index in [0.29, 0.717) is 16.7 Å². The summed E-state index contributed by atoms with van der Waals surface area (Å²) >= 11 is 0. The van der Waals surface area contributed by atoms with Gasteiger partial charge in [0.05, 0.1) is 23.5 Å². The molecule has 0 saturated heterocycles. The number of nitrogens with zero attached hydrogens (tertiary/aromatic N) is 5. The Bertz CT molecular complexity index is 989. The molecular formula is C12H13N7O3S. The van der Waals surface area contributed by atoms with E-state index in [-0.39, 0.29) is 18.3 Å². The number of carbonyl (C=O) groups is 1. The van der Waals surface area contributed by atoms with Gasteiger partial charge in [-0.05, 0) is 18.2 Å². The highest BCUT2D eigenvalue weighted by atomic mass is 32.2. The SMILES string of the molecule is CS(=O)(=O)Nc1cnn(CC(=O)n2cnc3cc(N)ccc32)n1. The van der Waals surface area contributed by atoms with Gasteiger partial charge < -0.3 is 5.73 Å². The van der Waals surface area contributed by atoms with Crippen molar-refractivity contribution in [3.63, 3.8) is 0 Å². The summed E-state index contributed by atoms with van der Waals surface area (Å²) in [5.74, 6) is -0.276. The second-order valence-corrected chi connectivity index (χ2v) is 6.64. The zero-order chi connectivity index (χ0) is 16.6. The quantitative estimate of drug-likeness (QED) is 0.636. The fourth-order valence-electron chi connectivity index (χ4n) is 2.04. The number of carbonyl (C=O) groups excluding carboxylic acids is 1. The van der Waals surface area contributed by atoms with Gasteiger partial charge in [-0.15, -0.1) is 5.10 Å². The number of rotatable bonds is 4. The molecule has 3 N–H and O–H groups in total. The first-order valence-corrected chi connectivity index (χ1v) is 8.35. The molecule has 0 fully saturated rings. The number of benzene rings is 1. The van der Waals surface area contributed by atoms with Crippen LogP contribution in [0, 0.1) is 0 Å². The van der Waals surface area contributed by atoms with E-state index in [4.69, 9.17) is 5.73 Å². The predicted octanol–water partition coefficient (Wildman–Crippen LogP) is -0.0781. The van der Waals surface area contributed by atoms with Crippen molar-refractivity contribution in [2.24, 2.45) is 0 Å². The Kier molecular flexibility index (Phi) is 3.48. The minimum absolute atomic E-state index is 0.0450. The lowest BCUT2D eigenvalue weighted by atomic mass is 10.3. The molecule has 0 aliphatic rings. The van der Waals surface area contributed by atoms with Crippen molar-refractivity contribution >= 4 is 38.5 Å². The third-order valence-corrected chi connectivity index (χ3v) is 3.52. The van der Waals surface area contributed by atoms with E-state index in [1.54, 1.807) is 18.2 Å². The zero-order valence-corrected chi connectivity index (χ0v) is 12.9. The van der Waals surface area contributed by atoms with Crippen LogP contribution < -0.4 is 10.5 Å². The molecule has 0 unspecified atom stereocenters. The predicted molar refractivity (Wildman–Crippen MR) is 83.3 cm³/mol. The molecule has 0 spiro atoms. The maximum Gasteiger partial charge on any atom is 0.255 e. The molecule has 0 amide bonds. The molecule has 0 bridgehead atoms. The number of hydrogen-bond acceptors (Lipinski definition) is 7. The third kappa shape index (κ3) is 3.29. The van der Waals surface area contributed by atoms with Crippen molar-refractivity contribution in [3.8, 4) is 0 Å². The molecule has 3 aromatic rings. The van der Waals surface area contributed by atoms with E-state index in [9.17, 15) is 13.2 Å². The number of nitrogens with two attached hydrogens (primary N) is 1. The van der Waals surface area contributed by atoms with E-state index in [0.717, 1.165) is 11.1 Å². The highest BCUT2D eigenvalue weighted by Gasteiger charge is 2.13. The summed E-state index contributed by atoms with van der Waals surface area (Å²) in [5, 5.41) is 7.73. The van der Waals surface area contributed by atoms with Crippen LogP contribution in [-0.4, -0.2) is 45.1 Å². The summed E-state index contributed by atoms with van der Waals surface area (Å²) in [7, 11) is -3.45. The minimum atomic E-state index is -3.45. The van der Waals surface area contributed by atoms with Crippen LogP contribution in [0.4, 0.5) is 11.5 Å². The van der Waals surface area contributed by atoms with E-state index in [2.05, 4.69) is 19.9 Å². The fourth-order valence-corrected chi connectivity index (χ4v) is 2.51. The van der Waals surface area contributed by atoms with Gasteiger partial charge in [-0.3, -0.25) is 14.1 Å². The number of anilines is 2. The normalized spacial score (nSPS) is 11.7. The Balaban J connectivity index is 1.81. The van der Waals surface area contributed by atoms with Crippen LogP contribution in [0.3, 0.4) is 0 Å². The van der Waals surface area contributed by atoms with Crippen LogP contribution in [0.25, 0.3) is 11.0 Å². The number of nitrogen functional groups attached to an aromatic ring is 1. The molecule has 10 nitrogen and oxygen atoms in total. The lowest BCUT2D eigenvalue weighted by Gasteiger charge is -2.03. The first-order valence-electron chi connectivity index (χ1n) is 6.45. The number of imidazole rings is 1. The van der Waals surface area contributed by atoms with Gasteiger partial charge in [-0.2, -0.15) is 9.90 Å². The Morgan fingerprint density at radius 1 is 1.39 bits per heavy atom. The average molecular weight is 335 g/mol. The number of nitrogens with one attached hydrogen (secondary N) is 1. The van der Waals surface area contributed by atoms with Crippen LogP contribution in [0.15, 0.2) is 30.7 Å². The molecule has 23 heavy (non-hydrogen) atoms. The standard InChI is InChI=1S/C12H13N7O3S/c1-23(21,22)17-11-5-15-19(16-11)6-12(20)18-7-14-9-4-8(13)2-3-10(9)18/h2-5,7H,6,13H2,1H3,(H,16,17). The third-order valence-electron chi connectivity index (χ3n) is 2.94. The molecule has 1 aromatic carbocycles. The summed E-state index contributed by atoms with van der Waals surface area (Å²) < 4.78 is 25.8. The molecule has 0 saturated carbocycles. The Morgan fingerprint density at radius 2 is 2.17 bits per heavy atom. The molecule has 0 radical (unpaired) electrons. The van der Waals surface area contributed by atoms with Crippen molar-refractivity contribution in [2.45, 2.75) is 6.54 Å². The number of hydrogen-bond donors (Lipinski definition) is 2. The molecule has 120 valence electrons. The van der Waals surface area contributed by atoms with E-state index in [1.807, 2.05) is 0 Å². The fraction of sp³-hybridized carbons (Fsp3) is 0.167. The lowest BCUT2D eigenvalue weighted by molar-refractivity contribution is 0.0885. The molecule has 11 heteroatoms.